The van der Waals surface area contributed by atoms with Crippen molar-refractivity contribution in [1.29, 1.82) is 0 Å². The molecule has 5 heteroatoms. The number of hydrogen-bond acceptors (Lipinski definition) is 2. The van der Waals surface area contributed by atoms with Gasteiger partial charge in [-0.3, -0.25) is 9.59 Å². The van der Waals surface area contributed by atoms with Crippen LogP contribution in [0.4, 0.5) is 0 Å². The van der Waals surface area contributed by atoms with Crippen molar-refractivity contribution in [3.63, 3.8) is 0 Å². The van der Waals surface area contributed by atoms with Crippen LogP contribution in [-0.4, -0.2) is 19.4 Å². The summed E-state index contributed by atoms with van der Waals surface area (Å²) in [6, 6.07) is 0. The smallest absolute Gasteiger partial charge is 0.382 e. The van der Waals surface area contributed by atoms with Crippen molar-refractivity contribution >= 4 is 19.4 Å². The summed E-state index contributed by atoms with van der Waals surface area (Å²) in [7, 11) is 1.34. The van der Waals surface area contributed by atoms with Crippen molar-refractivity contribution in [2.45, 2.75) is 41.5 Å². The van der Waals surface area contributed by atoms with Gasteiger partial charge >= 0.3 is 7.55 Å². The standard InChI is InChI=1S/C12H24BN2O2/c1-7(2)9(5)11(16)14-13-15-12(17)10(6)8(3)4/h7-10H,1-6H3,(H,14,16)(H,15,17). The quantitative estimate of drug-likeness (QED) is 0.687. The lowest BCUT2D eigenvalue weighted by atomic mass is 9.94. The average molecular weight is 239 g/mol. The van der Waals surface area contributed by atoms with Crippen LogP contribution < -0.4 is 10.5 Å². The van der Waals surface area contributed by atoms with E-state index in [0.29, 0.717) is 0 Å². The number of carbonyl (C=O) groups is 2. The first-order chi connectivity index (χ1) is 7.77. The van der Waals surface area contributed by atoms with E-state index in [2.05, 4.69) is 10.5 Å². The Hall–Kier alpha value is -0.995. The molecule has 0 aromatic rings. The normalized spacial score (nSPS) is 14.4. The second kappa shape index (κ2) is 7.35. The number of nitrogens with one attached hydrogen (secondary N) is 2. The molecule has 0 heterocycles. The summed E-state index contributed by atoms with van der Waals surface area (Å²) < 4.78 is 0. The molecule has 17 heavy (non-hydrogen) atoms. The highest BCUT2D eigenvalue weighted by atomic mass is 16.2. The first-order valence-corrected chi connectivity index (χ1v) is 6.19. The van der Waals surface area contributed by atoms with Gasteiger partial charge in [0.2, 0.25) is 11.8 Å². The second-order valence-corrected chi connectivity index (χ2v) is 5.23. The van der Waals surface area contributed by atoms with Gasteiger partial charge in [0, 0.05) is 11.8 Å². The number of amides is 2. The van der Waals surface area contributed by atoms with Crippen LogP contribution in [0.5, 0.6) is 0 Å². The van der Waals surface area contributed by atoms with Crippen molar-refractivity contribution in [2.24, 2.45) is 23.7 Å². The molecular weight excluding hydrogens is 215 g/mol. The maximum atomic E-state index is 11.6. The van der Waals surface area contributed by atoms with Gasteiger partial charge in [0.25, 0.3) is 0 Å². The van der Waals surface area contributed by atoms with Crippen LogP contribution in [0.25, 0.3) is 0 Å². The van der Waals surface area contributed by atoms with Gasteiger partial charge < -0.3 is 10.5 Å². The first-order valence-electron chi connectivity index (χ1n) is 6.19. The molecule has 0 aromatic heterocycles. The van der Waals surface area contributed by atoms with E-state index >= 15 is 0 Å². The Bertz CT molecular complexity index is 241. The lowest BCUT2D eigenvalue weighted by Crippen LogP contribution is -2.45. The molecule has 4 nitrogen and oxygen atoms in total. The van der Waals surface area contributed by atoms with Gasteiger partial charge in [-0.05, 0) is 11.8 Å². The predicted octanol–water partition coefficient (Wildman–Crippen LogP) is 1.34. The summed E-state index contributed by atoms with van der Waals surface area (Å²) in [6.45, 7) is 11.7. The van der Waals surface area contributed by atoms with Gasteiger partial charge in [-0.25, -0.2) is 0 Å². The minimum absolute atomic E-state index is 0.0642. The molecule has 1 radical (unpaired) electrons. The lowest BCUT2D eigenvalue weighted by molar-refractivity contribution is -0.124. The van der Waals surface area contributed by atoms with Gasteiger partial charge in [0.05, 0.1) is 0 Å². The molecule has 2 amide bonds. The van der Waals surface area contributed by atoms with Gasteiger partial charge in [-0.1, -0.05) is 41.5 Å². The molecule has 0 aliphatic carbocycles. The van der Waals surface area contributed by atoms with E-state index in [1.165, 1.54) is 7.55 Å². The molecule has 0 aliphatic rings. The van der Waals surface area contributed by atoms with Gasteiger partial charge in [0.1, 0.15) is 0 Å². The molecule has 97 valence electrons. The lowest BCUT2D eigenvalue weighted by Gasteiger charge is -2.17. The van der Waals surface area contributed by atoms with Crippen LogP contribution in [-0.2, 0) is 9.59 Å². The van der Waals surface area contributed by atoms with Crippen LogP contribution in [0.15, 0.2) is 0 Å². The summed E-state index contributed by atoms with van der Waals surface area (Å²) in [5, 5.41) is 5.19. The Kier molecular flexibility index (Phi) is 6.92. The highest BCUT2D eigenvalue weighted by Crippen LogP contribution is 2.09. The van der Waals surface area contributed by atoms with Crippen LogP contribution in [0, 0.1) is 23.7 Å². The van der Waals surface area contributed by atoms with E-state index in [0.717, 1.165) is 0 Å². The number of hydrogen-bond donors (Lipinski definition) is 2. The fraction of sp³-hybridized carbons (Fsp3) is 0.833. The van der Waals surface area contributed by atoms with Crippen molar-refractivity contribution in [3.8, 4) is 0 Å². The summed E-state index contributed by atoms with van der Waals surface area (Å²) in [5.74, 6) is 0.300. The monoisotopic (exact) mass is 239 g/mol. The molecule has 0 spiro atoms. The summed E-state index contributed by atoms with van der Waals surface area (Å²) in [6.07, 6.45) is 0. The number of rotatable bonds is 6. The highest BCUT2D eigenvalue weighted by Gasteiger charge is 2.19. The Morgan fingerprint density at radius 3 is 1.29 bits per heavy atom. The minimum Gasteiger partial charge on any atom is -0.382 e. The van der Waals surface area contributed by atoms with E-state index in [1.807, 2.05) is 41.5 Å². The van der Waals surface area contributed by atoms with Crippen LogP contribution in [0.1, 0.15) is 41.5 Å². The maximum Gasteiger partial charge on any atom is 0.390 e. The minimum atomic E-state index is -0.0718. The second-order valence-electron chi connectivity index (χ2n) is 5.23. The van der Waals surface area contributed by atoms with Gasteiger partial charge in [-0.2, -0.15) is 0 Å². The van der Waals surface area contributed by atoms with Crippen molar-refractivity contribution in [3.05, 3.63) is 0 Å². The van der Waals surface area contributed by atoms with Crippen LogP contribution >= 0.6 is 0 Å². The third-order valence-electron chi connectivity index (χ3n) is 3.26. The Morgan fingerprint density at radius 1 is 0.765 bits per heavy atom. The van der Waals surface area contributed by atoms with Crippen molar-refractivity contribution in [2.75, 3.05) is 0 Å². The molecule has 0 rings (SSSR count). The van der Waals surface area contributed by atoms with Crippen molar-refractivity contribution < 1.29 is 9.59 Å². The highest BCUT2D eigenvalue weighted by molar-refractivity contribution is 6.38. The van der Waals surface area contributed by atoms with E-state index in [4.69, 9.17) is 0 Å². The topological polar surface area (TPSA) is 58.2 Å². The van der Waals surface area contributed by atoms with Crippen molar-refractivity contribution in [1.82, 2.24) is 10.5 Å². The van der Waals surface area contributed by atoms with Crippen LogP contribution in [0.3, 0.4) is 0 Å². The molecule has 0 saturated heterocycles. The molecule has 0 bridgehead atoms. The van der Waals surface area contributed by atoms with Gasteiger partial charge in [0.15, 0.2) is 0 Å². The van der Waals surface area contributed by atoms with Crippen LogP contribution in [0.2, 0.25) is 0 Å². The zero-order chi connectivity index (χ0) is 13.6. The van der Waals surface area contributed by atoms with E-state index in [1.54, 1.807) is 0 Å². The SMILES string of the molecule is CC(C)C(C)C(=O)N[B]NC(=O)C(C)C(C)C. The predicted molar refractivity (Wildman–Crippen MR) is 70.0 cm³/mol. The molecule has 0 fully saturated rings. The molecule has 2 unspecified atom stereocenters. The fourth-order valence-corrected chi connectivity index (χ4v) is 1.05. The largest absolute Gasteiger partial charge is 0.390 e. The molecule has 0 aliphatic heterocycles. The Morgan fingerprint density at radius 2 is 1.06 bits per heavy atom. The third-order valence-corrected chi connectivity index (χ3v) is 3.26. The maximum absolute atomic E-state index is 11.6. The average Bonchev–Trinajstić information content (AvgIpc) is 2.26. The summed E-state index contributed by atoms with van der Waals surface area (Å²) in [5.41, 5.74) is 0. The molecule has 2 N–H and O–H groups in total. The zero-order valence-electron chi connectivity index (χ0n) is 11.7. The molecular formula is C12H24BN2O2. The molecule has 0 saturated carbocycles. The molecule has 0 aromatic carbocycles. The summed E-state index contributed by atoms with van der Waals surface area (Å²) in [4.78, 5) is 23.2. The van der Waals surface area contributed by atoms with E-state index < -0.39 is 0 Å². The Balaban J connectivity index is 3.92. The molecule has 2 atom stereocenters. The van der Waals surface area contributed by atoms with E-state index in [-0.39, 0.29) is 35.5 Å². The van der Waals surface area contributed by atoms with E-state index in [9.17, 15) is 9.59 Å². The third kappa shape index (κ3) is 5.75. The Labute approximate surface area is 105 Å². The van der Waals surface area contributed by atoms with Gasteiger partial charge in [-0.15, -0.1) is 0 Å². The number of carbonyl (C=O) groups excluding carboxylic acids is 2. The fourth-order valence-electron chi connectivity index (χ4n) is 1.05. The summed E-state index contributed by atoms with van der Waals surface area (Å²) >= 11 is 0. The zero-order valence-corrected chi connectivity index (χ0v) is 11.7. The first kappa shape index (κ1) is 16.0.